The minimum atomic E-state index is -1.25. The maximum atomic E-state index is 14.3. The van der Waals surface area contributed by atoms with Crippen LogP contribution < -0.4 is 5.56 Å². The van der Waals surface area contributed by atoms with Crippen molar-refractivity contribution in [3.8, 4) is 5.69 Å². The number of aryl methyl sites for hydroxylation is 1. The Morgan fingerprint density at radius 3 is 2.70 bits per heavy atom. The number of fused-ring (bicyclic) bond motifs is 1. The molecule has 2 fully saturated rings. The van der Waals surface area contributed by atoms with Gasteiger partial charge in [-0.15, -0.1) is 10.2 Å². The number of pyridine rings is 1. The van der Waals surface area contributed by atoms with E-state index in [4.69, 9.17) is 21.1 Å². The average Bonchev–Trinajstić information content (AvgIpc) is 3.52. The summed E-state index contributed by atoms with van der Waals surface area (Å²) in [5.41, 5.74) is 2.90. The van der Waals surface area contributed by atoms with Crippen molar-refractivity contribution in [2.75, 3.05) is 32.9 Å². The van der Waals surface area contributed by atoms with E-state index in [0.29, 0.717) is 43.0 Å². The molecule has 43 heavy (non-hydrogen) atoms. The zero-order valence-corrected chi connectivity index (χ0v) is 27.7. The summed E-state index contributed by atoms with van der Waals surface area (Å²) in [5, 5.41) is 9.83. The van der Waals surface area contributed by atoms with Crippen molar-refractivity contribution in [2.45, 2.75) is 64.1 Å². The number of ether oxygens (including phenoxy) is 2. The molecule has 0 amide bonds. The number of halogens is 1. The molecule has 2 aliphatic rings. The molecule has 0 N–H and O–H groups in total. The molecule has 1 atom stereocenters. The molecule has 0 aliphatic carbocycles. The van der Waals surface area contributed by atoms with Gasteiger partial charge in [0.15, 0.2) is 0 Å². The third-order valence-corrected chi connectivity index (χ3v) is 11.0. The van der Waals surface area contributed by atoms with E-state index in [1.807, 2.05) is 23.7 Å². The van der Waals surface area contributed by atoms with E-state index in [1.165, 1.54) is 12.8 Å². The third-order valence-electron chi connectivity index (χ3n) is 8.96. The average molecular weight is 623 g/mol. The molecular weight excluding hydrogens is 580 g/mol. The second-order valence-electron chi connectivity index (χ2n) is 13.7. The van der Waals surface area contributed by atoms with Gasteiger partial charge >= 0.3 is 0 Å². The van der Waals surface area contributed by atoms with E-state index >= 15 is 0 Å². The lowest BCUT2D eigenvalue weighted by Gasteiger charge is -2.40. The van der Waals surface area contributed by atoms with Crippen LogP contribution in [0.5, 0.6) is 0 Å². The molecule has 2 saturated heterocycles. The van der Waals surface area contributed by atoms with Crippen LogP contribution in [0.15, 0.2) is 47.7 Å². The Bertz CT molecular complexity index is 1670. The summed E-state index contributed by atoms with van der Waals surface area (Å²) in [7, 11) is 0.690. The standard InChI is InChI=1S/C32H43ClN6O3Si/c1-23-8-7-11-37(16-23)17-26-15-27-28(33)18-38(30(40)29(27)39(26)22-41-12-13-43(3,4)5)25-10-6-9-24(14-25)32(19-42-20-32)31-35-34-21-36(31)2/h6,9-10,14-15,18,21,23H,7-8,11-13,16-17,19-20,22H2,1-5H3/t23-/m0/s1. The van der Waals surface area contributed by atoms with Gasteiger partial charge in [-0.05, 0) is 55.1 Å². The number of aromatic nitrogens is 5. The summed E-state index contributed by atoms with van der Waals surface area (Å²) in [5.74, 6) is 1.51. The quantitative estimate of drug-likeness (QED) is 0.173. The van der Waals surface area contributed by atoms with E-state index in [-0.39, 0.29) is 5.56 Å². The largest absolute Gasteiger partial charge is 0.378 e. The number of benzene rings is 1. The van der Waals surface area contributed by atoms with Gasteiger partial charge in [-0.25, -0.2) is 0 Å². The smallest absolute Gasteiger partial charge is 0.279 e. The van der Waals surface area contributed by atoms with Crippen LogP contribution in [0.2, 0.25) is 30.7 Å². The van der Waals surface area contributed by atoms with Gasteiger partial charge in [0.1, 0.15) is 29.8 Å². The summed E-state index contributed by atoms with van der Waals surface area (Å²) >= 11 is 6.96. The molecule has 0 bridgehead atoms. The zero-order valence-electron chi connectivity index (χ0n) is 26.0. The minimum absolute atomic E-state index is 0.110. The molecule has 0 radical (unpaired) electrons. The first-order valence-corrected chi connectivity index (χ1v) is 19.4. The van der Waals surface area contributed by atoms with Crippen molar-refractivity contribution in [3.05, 3.63) is 75.3 Å². The molecule has 3 aromatic heterocycles. The van der Waals surface area contributed by atoms with Crippen LogP contribution in [-0.4, -0.2) is 69.8 Å². The van der Waals surface area contributed by atoms with Crippen LogP contribution in [0, 0.1) is 5.92 Å². The minimum Gasteiger partial charge on any atom is -0.378 e. The van der Waals surface area contributed by atoms with E-state index in [9.17, 15) is 4.79 Å². The molecule has 9 nitrogen and oxygen atoms in total. The predicted octanol–water partition coefficient (Wildman–Crippen LogP) is 5.43. The van der Waals surface area contributed by atoms with Crippen LogP contribution in [0.25, 0.3) is 16.6 Å². The van der Waals surface area contributed by atoms with Crippen molar-refractivity contribution in [1.82, 2.24) is 28.8 Å². The topological polar surface area (TPSA) is 79.3 Å². The maximum absolute atomic E-state index is 14.3. The molecule has 6 rings (SSSR count). The Kier molecular flexibility index (Phi) is 8.42. The Hall–Kier alpha value is -2.76. The van der Waals surface area contributed by atoms with Crippen molar-refractivity contribution in [1.29, 1.82) is 0 Å². The Morgan fingerprint density at radius 1 is 1.21 bits per heavy atom. The molecule has 230 valence electrons. The normalized spacial score (nSPS) is 19.2. The number of likely N-dealkylation sites (tertiary alicyclic amines) is 1. The van der Waals surface area contributed by atoms with E-state index in [1.54, 1.807) is 17.1 Å². The highest BCUT2D eigenvalue weighted by Crippen LogP contribution is 2.38. The van der Waals surface area contributed by atoms with Crippen LogP contribution in [0.3, 0.4) is 0 Å². The van der Waals surface area contributed by atoms with Crippen molar-refractivity contribution >= 4 is 30.6 Å². The van der Waals surface area contributed by atoms with Crippen LogP contribution in [0.1, 0.15) is 36.8 Å². The van der Waals surface area contributed by atoms with E-state index in [0.717, 1.165) is 53.8 Å². The van der Waals surface area contributed by atoms with Gasteiger partial charge in [-0.1, -0.05) is 50.3 Å². The zero-order chi connectivity index (χ0) is 30.4. The van der Waals surface area contributed by atoms with Crippen LogP contribution >= 0.6 is 11.6 Å². The Morgan fingerprint density at radius 2 is 2.02 bits per heavy atom. The highest BCUT2D eigenvalue weighted by Gasteiger charge is 2.46. The fraction of sp³-hybridized carbons (Fsp3) is 0.531. The van der Waals surface area contributed by atoms with Crippen molar-refractivity contribution < 1.29 is 9.47 Å². The monoisotopic (exact) mass is 622 g/mol. The molecule has 5 heterocycles. The molecule has 0 unspecified atom stereocenters. The fourth-order valence-corrected chi connectivity index (χ4v) is 7.43. The summed E-state index contributed by atoms with van der Waals surface area (Å²) in [4.78, 5) is 16.8. The summed E-state index contributed by atoms with van der Waals surface area (Å²) in [6, 6.07) is 11.2. The first-order valence-electron chi connectivity index (χ1n) is 15.3. The molecule has 11 heteroatoms. The lowest BCUT2D eigenvalue weighted by molar-refractivity contribution is -0.0435. The molecule has 1 aromatic carbocycles. The number of hydrogen-bond donors (Lipinski definition) is 0. The SMILES string of the molecule is C[C@H]1CCCN(Cc2cc3c(Cl)cn(-c4cccc(C5(c6nncn6C)COC5)c4)c(=O)c3n2COCC[Si](C)(C)C)C1. The van der Waals surface area contributed by atoms with E-state index < -0.39 is 13.5 Å². The van der Waals surface area contributed by atoms with Gasteiger partial charge in [0.2, 0.25) is 0 Å². The highest BCUT2D eigenvalue weighted by molar-refractivity contribution is 6.76. The number of piperidine rings is 1. The summed E-state index contributed by atoms with van der Waals surface area (Å²) in [6.07, 6.45) is 5.91. The maximum Gasteiger partial charge on any atom is 0.279 e. The third kappa shape index (κ3) is 6.00. The van der Waals surface area contributed by atoms with Gasteiger partial charge in [-0.2, -0.15) is 0 Å². The van der Waals surface area contributed by atoms with Gasteiger partial charge < -0.3 is 18.6 Å². The van der Waals surface area contributed by atoms with Gasteiger partial charge in [0.05, 0.1) is 18.2 Å². The fourth-order valence-electron chi connectivity index (χ4n) is 6.44. The van der Waals surface area contributed by atoms with Gasteiger partial charge in [0.25, 0.3) is 5.56 Å². The van der Waals surface area contributed by atoms with Gasteiger partial charge in [-0.3, -0.25) is 14.3 Å². The molecular formula is C32H43ClN6O3Si. The molecule has 0 spiro atoms. The van der Waals surface area contributed by atoms with E-state index in [2.05, 4.69) is 64.4 Å². The highest BCUT2D eigenvalue weighted by atomic mass is 35.5. The summed E-state index contributed by atoms with van der Waals surface area (Å²) < 4.78 is 17.6. The first-order chi connectivity index (χ1) is 20.6. The molecule has 0 saturated carbocycles. The Balaban J connectivity index is 1.41. The predicted molar refractivity (Wildman–Crippen MR) is 173 cm³/mol. The summed E-state index contributed by atoms with van der Waals surface area (Å²) in [6.45, 7) is 14.3. The van der Waals surface area contributed by atoms with Crippen molar-refractivity contribution in [2.24, 2.45) is 13.0 Å². The molecule has 4 aromatic rings. The van der Waals surface area contributed by atoms with Crippen molar-refractivity contribution in [3.63, 3.8) is 0 Å². The van der Waals surface area contributed by atoms with Crippen LogP contribution in [-0.2, 0) is 35.2 Å². The lowest BCUT2D eigenvalue weighted by Crippen LogP contribution is -2.49. The van der Waals surface area contributed by atoms with Crippen LogP contribution in [0.4, 0.5) is 0 Å². The Labute approximate surface area is 259 Å². The number of nitrogens with zero attached hydrogens (tertiary/aromatic N) is 6. The first kappa shape index (κ1) is 30.3. The lowest BCUT2D eigenvalue weighted by atomic mass is 9.77. The number of hydrogen-bond acceptors (Lipinski definition) is 6. The second kappa shape index (κ2) is 12.0. The second-order valence-corrected chi connectivity index (χ2v) is 19.7. The van der Waals surface area contributed by atoms with Gasteiger partial charge in [0, 0.05) is 57.8 Å². The molecule has 2 aliphatic heterocycles. The number of rotatable bonds is 10.